The van der Waals surface area contributed by atoms with Gasteiger partial charge >= 0.3 is 0 Å². The molecule has 0 bridgehead atoms. The summed E-state index contributed by atoms with van der Waals surface area (Å²) < 4.78 is 13.3. The van der Waals surface area contributed by atoms with Crippen LogP contribution in [0, 0.1) is 12.7 Å². The molecule has 2 rings (SSSR count). The molecule has 0 saturated heterocycles. The summed E-state index contributed by atoms with van der Waals surface area (Å²) in [7, 11) is 0. The van der Waals surface area contributed by atoms with Gasteiger partial charge < -0.3 is 10.6 Å². The highest BCUT2D eigenvalue weighted by atomic mass is 35.5. The lowest BCUT2D eigenvalue weighted by molar-refractivity contribution is -0.114. The molecule has 0 atom stereocenters. The minimum atomic E-state index is -0.339. The summed E-state index contributed by atoms with van der Waals surface area (Å²) in [5.74, 6) is -0.586. The Balaban J connectivity index is 1.89. The van der Waals surface area contributed by atoms with Crippen molar-refractivity contribution in [1.82, 2.24) is 0 Å². The van der Waals surface area contributed by atoms with E-state index in [0.29, 0.717) is 16.3 Å². The number of anilines is 2. The largest absolute Gasteiger partial charge is 0.376 e. The Morgan fingerprint density at radius 3 is 2.45 bits per heavy atom. The van der Waals surface area contributed by atoms with Crippen LogP contribution < -0.4 is 10.6 Å². The molecule has 3 nitrogen and oxygen atoms in total. The first kappa shape index (κ1) is 14.3. The molecule has 0 aliphatic heterocycles. The number of halogens is 2. The maximum atomic E-state index is 13.3. The summed E-state index contributed by atoms with van der Waals surface area (Å²) in [6.45, 7) is 1.76. The Hall–Kier alpha value is -2.07. The van der Waals surface area contributed by atoms with Gasteiger partial charge in [-0.25, -0.2) is 4.39 Å². The lowest BCUT2D eigenvalue weighted by Crippen LogP contribution is -2.21. The predicted molar refractivity (Wildman–Crippen MR) is 79.7 cm³/mol. The smallest absolute Gasteiger partial charge is 0.243 e. The van der Waals surface area contributed by atoms with Crippen LogP contribution in [-0.2, 0) is 4.79 Å². The molecule has 5 heteroatoms. The Labute approximate surface area is 121 Å². The average molecular weight is 293 g/mol. The van der Waals surface area contributed by atoms with Crippen LogP contribution in [0.15, 0.2) is 42.5 Å². The molecular weight excluding hydrogens is 279 g/mol. The van der Waals surface area contributed by atoms with Gasteiger partial charge in [-0.05, 0) is 48.9 Å². The number of hydrogen-bond donors (Lipinski definition) is 2. The van der Waals surface area contributed by atoms with Crippen molar-refractivity contribution in [2.24, 2.45) is 0 Å². The topological polar surface area (TPSA) is 41.1 Å². The number of rotatable bonds is 4. The van der Waals surface area contributed by atoms with Crippen molar-refractivity contribution in [3.63, 3.8) is 0 Å². The number of hydrogen-bond acceptors (Lipinski definition) is 2. The van der Waals surface area contributed by atoms with Crippen molar-refractivity contribution < 1.29 is 9.18 Å². The minimum Gasteiger partial charge on any atom is -0.376 e. The van der Waals surface area contributed by atoms with E-state index >= 15 is 0 Å². The monoisotopic (exact) mass is 292 g/mol. The molecule has 0 fully saturated rings. The number of carbonyl (C=O) groups excluding carboxylic acids is 1. The zero-order chi connectivity index (χ0) is 14.5. The SMILES string of the molecule is Cc1ccc(NC(=O)CNc2ccc(Cl)cc2)cc1F. The second kappa shape index (κ2) is 6.39. The van der Waals surface area contributed by atoms with Crippen LogP contribution in [0.3, 0.4) is 0 Å². The Morgan fingerprint density at radius 1 is 1.15 bits per heavy atom. The highest BCUT2D eigenvalue weighted by Gasteiger charge is 2.04. The predicted octanol–water partition coefficient (Wildman–Crippen LogP) is 3.84. The first-order chi connectivity index (χ1) is 9.54. The van der Waals surface area contributed by atoms with Crippen LogP contribution in [0.1, 0.15) is 5.56 Å². The average Bonchev–Trinajstić information content (AvgIpc) is 2.42. The van der Waals surface area contributed by atoms with Crippen molar-refractivity contribution in [3.05, 3.63) is 58.9 Å². The van der Waals surface area contributed by atoms with Crippen molar-refractivity contribution in [2.45, 2.75) is 6.92 Å². The normalized spacial score (nSPS) is 10.2. The quantitative estimate of drug-likeness (QED) is 0.899. The zero-order valence-corrected chi connectivity index (χ0v) is 11.7. The maximum Gasteiger partial charge on any atom is 0.243 e. The molecule has 20 heavy (non-hydrogen) atoms. The molecule has 0 saturated carbocycles. The van der Waals surface area contributed by atoms with Crippen LogP contribution in [0.25, 0.3) is 0 Å². The molecule has 0 spiro atoms. The van der Waals surface area contributed by atoms with E-state index in [1.54, 1.807) is 43.3 Å². The lowest BCUT2D eigenvalue weighted by Gasteiger charge is -2.08. The first-order valence-electron chi connectivity index (χ1n) is 6.10. The fraction of sp³-hybridized carbons (Fsp3) is 0.133. The minimum absolute atomic E-state index is 0.0944. The molecule has 104 valence electrons. The van der Waals surface area contributed by atoms with E-state index in [1.807, 2.05) is 0 Å². The van der Waals surface area contributed by atoms with Gasteiger partial charge in [-0.2, -0.15) is 0 Å². The van der Waals surface area contributed by atoms with Gasteiger partial charge in [-0.1, -0.05) is 17.7 Å². The van der Waals surface area contributed by atoms with Crippen LogP contribution >= 0.6 is 11.6 Å². The van der Waals surface area contributed by atoms with E-state index in [2.05, 4.69) is 10.6 Å². The molecule has 2 N–H and O–H groups in total. The molecule has 2 aromatic carbocycles. The number of amides is 1. The van der Waals surface area contributed by atoms with Crippen molar-refractivity contribution in [2.75, 3.05) is 17.2 Å². The van der Waals surface area contributed by atoms with Crippen LogP contribution in [0.4, 0.5) is 15.8 Å². The number of carbonyl (C=O) groups is 1. The van der Waals surface area contributed by atoms with Crippen LogP contribution in [0.2, 0.25) is 5.02 Å². The van der Waals surface area contributed by atoms with Gasteiger partial charge in [0.15, 0.2) is 0 Å². The molecule has 0 aliphatic carbocycles. The first-order valence-corrected chi connectivity index (χ1v) is 6.48. The summed E-state index contributed by atoms with van der Waals surface area (Å²) in [6.07, 6.45) is 0. The third-order valence-electron chi connectivity index (χ3n) is 2.75. The van der Waals surface area contributed by atoms with E-state index in [1.165, 1.54) is 6.07 Å². The number of benzene rings is 2. The standard InChI is InChI=1S/C15H14ClFN2O/c1-10-2-5-13(8-14(10)17)19-15(20)9-18-12-6-3-11(16)4-7-12/h2-8,18H,9H2,1H3,(H,19,20). The molecule has 0 aromatic heterocycles. The van der Waals surface area contributed by atoms with Gasteiger partial charge in [0.1, 0.15) is 5.82 Å². The molecule has 0 aliphatic rings. The Morgan fingerprint density at radius 2 is 1.80 bits per heavy atom. The summed E-state index contributed by atoms with van der Waals surface area (Å²) in [4.78, 5) is 11.7. The third kappa shape index (κ3) is 3.96. The van der Waals surface area contributed by atoms with Gasteiger partial charge in [-0.3, -0.25) is 4.79 Å². The fourth-order valence-corrected chi connectivity index (χ4v) is 1.75. The summed E-state index contributed by atoms with van der Waals surface area (Å²) in [5, 5.41) is 6.21. The second-order valence-electron chi connectivity index (χ2n) is 4.37. The molecule has 2 aromatic rings. The zero-order valence-electron chi connectivity index (χ0n) is 10.9. The van der Waals surface area contributed by atoms with Gasteiger partial charge in [0.25, 0.3) is 0 Å². The molecule has 0 unspecified atom stereocenters. The van der Waals surface area contributed by atoms with E-state index in [0.717, 1.165) is 5.69 Å². The molecule has 0 radical (unpaired) electrons. The van der Waals surface area contributed by atoms with Crippen molar-refractivity contribution >= 4 is 28.9 Å². The van der Waals surface area contributed by atoms with E-state index in [4.69, 9.17) is 11.6 Å². The number of nitrogens with one attached hydrogen (secondary N) is 2. The summed E-state index contributed by atoms with van der Waals surface area (Å²) in [6, 6.07) is 11.6. The van der Waals surface area contributed by atoms with Gasteiger partial charge in [0, 0.05) is 16.4 Å². The molecular formula is C15H14ClFN2O. The van der Waals surface area contributed by atoms with Gasteiger partial charge in [0.05, 0.1) is 6.54 Å². The van der Waals surface area contributed by atoms with Gasteiger partial charge in [0.2, 0.25) is 5.91 Å². The highest BCUT2D eigenvalue weighted by Crippen LogP contribution is 2.14. The third-order valence-corrected chi connectivity index (χ3v) is 3.00. The van der Waals surface area contributed by atoms with Crippen LogP contribution in [-0.4, -0.2) is 12.5 Å². The lowest BCUT2D eigenvalue weighted by atomic mass is 10.2. The molecule has 0 heterocycles. The van der Waals surface area contributed by atoms with Crippen molar-refractivity contribution in [1.29, 1.82) is 0 Å². The molecule has 1 amide bonds. The van der Waals surface area contributed by atoms with E-state index in [-0.39, 0.29) is 18.3 Å². The highest BCUT2D eigenvalue weighted by molar-refractivity contribution is 6.30. The maximum absolute atomic E-state index is 13.3. The Kier molecular flexibility index (Phi) is 4.58. The van der Waals surface area contributed by atoms with Gasteiger partial charge in [-0.15, -0.1) is 0 Å². The fourth-order valence-electron chi connectivity index (χ4n) is 1.63. The number of aryl methyl sites for hydroxylation is 1. The summed E-state index contributed by atoms with van der Waals surface area (Å²) in [5.41, 5.74) is 1.78. The van der Waals surface area contributed by atoms with Crippen molar-refractivity contribution in [3.8, 4) is 0 Å². The van der Waals surface area contributed by atoms with E-state index in [9.17, 15) is 9.18 Å². The van der Waals surface area contributed by atoms with Crippen LogP contribution in [0.5, 0.6) is 0 Å². The van der Waals surface area contributed by atoms with E-state index < -0.39 is 0 Å². The second-order valence-corrected chi connectivity index (χ2v) is 4.81. The Bertz CT molecular complexity index is 614. The summed E-state index contributed by atoms with van der Waals surface area (Å²) >= 11 is 5.77.